The van der Waals surface area contributed by atoms with Crippen molar-refractivity contribution in [3.63, 3.8) is 0 Å². The van der Waals surface area contributed by atoms with Crippen LogP contribution >= 0.6 is 0 Å². The van der Waals surface area contributed by atoms with Gasteiger partial charge in [-0.1, -0.05) is 18.2 Å². The van der Waals surface area contributed by atoms with E-state index in [1.165, 1.54) is 4.90 Å². The number of likely N-dealkylation sites (tertiary alicyclic amines) is 1. The highest BCUT2D eigenvalue weighted by molar-refractivity contribution is 6.46. The Bertz CT molecular complexity index is 1240. The number of ether oxygens (including phenoxy) is 2. The van der Waals surface area contributed by atoms with Gasteiger partial charge in [0.25, 0.3) is 11.7 Å². The van der Waals surface area contributed by atoms with Crippen molar-refractivity contribution in [1.29, 1.82) is 0 Å². The standard InChI is InChI=1S/C26H24N2O5/c1-16-14-19(32-2)8-9-20(16)24(29)22-23(17-10-12-27-13-11-17)28(26(31)25(22)30)15-18-6-4-5-7-21(18)33-3/h4-14,23,29H,15H2,1-3H3/b24-22-. The van der Waals surface area contributed by atoms with Crippen LogP contribution in [0.1, 0.15) is 28.3 Å². The van der Waals surface area contributed by atoms with Crippen molar-refractivity contribution >= 4 is 17.4 Å². The minimum Gasteiger partial charge on any atom is -0.507 e. The van der Waals surface area contributed by atoms with Gasteiger partial charge in [0.15, 0.2) is 0 Å². The third-order valence-electron chi connectivity index (χ3n) is 5.78. The molecule has 1 aromatic heterocycles. The third-order valence-corrected chi connectivity index (χ3v) is 5.78. The summed E-state index contributed by atoms with van der Waals surface area (Å²) in [5, 5.41) is 11.3. The summed E-state index contributed by atoms with van der Waals surface area (Å²) in [5.41, 5.74) is 2.64. The topological polar surface area (TPSA) is 89.0 Å². The summed E-state index contributed by atoms with van der Waals surface area (Å²) in [6.07, 6.45) is 3.19. The molecule has 0 spiro atoms. The number of aromatic nitrogens is 1. The predicted molar refractivity (Wildman–Crippen MR) is 123 cm³/mol. The van der Waals surface area contributed by atoms with E-state index in [2.05, 4.69) is 4.98 Å². The maximum Gasteiger partial charge on any atom is 0.295 e. The molecule has 0 bridgehead atoms. The van der Waals surface area contributed by atoms with E-state index >= 15 is 0 Å². The van der Waals surface area contributed by atoms with Crippen LogP contribution in [0.4, 0.5) is 0 Å². The van der Waals surface area contributed by atoms with Crippen molar-refractivity contribution in [3.8, 4) is 11.5 Å². The normalized spacial score (nSPS) is 17.3. The highest BCUT2D eigenvalue weighted by atomic mass is 16.5. The van der Waals surface area contributed by atoms with E-state index in [-0.39, 0.29) is 17.9 Å². The zero-order valence-corrected chi connectivity index (χ0v) is 18.6. The van der Waals surface area contributed by atoms with Gasteiger partial charge in [-0.2, -0.15) is 0 Å². The molecule has 4 rings (SSSR count). The fourth-order valence-corrected chi connectivity index (χ4v) is 4.13. The number of para-hydroxylation sites is 1. The second-order valence-electron chi connectivity index (χ2n) is 7.70. The number of hydrogen-bond acceptors (Lipinski definition) is 6. The van der Waals surface area contributed by atoms with Crippen LogP contribution in [0.3, 0.4) is 0 Å². The number of methoxy groups -OCH3 is 2. The number of aliphatic hydroxyl groups excluding tert-OH is 1. The second kappa shape index (κ2) is 9.16. The Morgan fingerprint density at radius 3 is 2.42 bits per heavy atom. The van der Waals surface area contributed by atoms with E-state index in [1.54, 1.807) is 63.0 Å². The van der Waals surface area contributed by atoms with Crippen LogP contribution in [-0.4, -0.2) is 40.9 Å². The fourth-order valence-electron chi connectivity index (χ4n) is 4.13. The molecule has 2 heterocycles. The summed E-state index contributed by atoms with van der Waals surface area (Å²) >= 11 is 0. The molecular formula is C26H24N2O5. The van der Waals surface area contributed by atoms with Crippen molar-refractivity contribution in [2.45, 2.75) is 19.5 Å². The molecule has 33 heavy (non-hydrogen) atoms. The average Bonchev–Trinajstić information content (AvgIpc) is 3.09. The molecule has 1 amide bonds. The first kappa shape index (κ1) is 22.1. The number of Topliss-reactive ketones (excluding diaryl/α,β-unsaturated/α-hetero) is 1. The maximum absolute atomic E-state index is 13.2. The summed E-state index contributed by atoms with van der Waals surface area (Å²) in [6, 6.07) is 15.2. The van der Waals surface area contributed by atoms with Crippen LogP contribution in [0.2, 0.25) is 0 Å². The summed E-state index contributed by atoms with van der Waals surface area (Å²) < 4.78 is 10.7. The van der Waals surface area contributed by atoms with E-state index in [0.29, 0.717) is 22.6 Å². The average molecular weight is 444 g/mol. The van der Waals surface area contributed by atoms with Gasteiger partial charge in [0.2, 0.25) is 0 Å². The molecule has 7 heteroatoms. The monoisotopic (exact) mass is 444 g/mol. The van der Waals surface area contributed by atoms with E-state index in [0.717, 1.165) is 11.1 Å². The zero-order valence-electron chi connectivity index (χ0n) is 18.6. The summed E-state index contributed by atoms with van der Waals surface area (Å²) in [6.45, 7) is 1.95. The van der Waals surface area contributed by atoms with Gasteiger partial charge in [-0.25, -0.2) is 0 Å². The van der Waals surface area contributed by atoms with E-state index in [1.807, 2.05) is 25.1 Å². The number of carbonyl (C=O) groups excluding carboxylic acids is 2. The Kier molecular flexibility index (Phi) is 6.13. The molecule has 1 atom stereocenters. The van der Waals surface area contributed by atoms with Crippen LogP contribution in [-0.2, 0) is 16.1 Å². The van der Waals surface area contributed by atoms with E-state index < -0.39 is 17.7 Å². The number of pyridine rings is 1. The van der Waals surface area contributed by atoms with Gasteiger partial charge in [0.1, 0.15) is 17.3 Å². The second-order valence-corrected chi connectivity index (χ2v) is 7.70. The van der Waals surface area contributed by atoms with E-state index in [4.69, 9.17) is 9.47 Å². The van der Waals surface area contributed by atoms with Crippen molar-refractivity contribution in [2.75, 3.05) is 14.2 Å². The first-order valence-corrected chi connectivity index (χ1v) is 10.4. The Hall–Kier alpha value is -4.13. The zero-order chi connectivity index (χ0) is 23.5. The molecule has 168 valence electrons. The molecule has 1 saturated heterocycles. The van der Waals surface area contributed by atoms with Gasteiger partial charge in [0, 0.05) is 23.5 Å². The minimum atomic E-state index is -0.778. The lowest BCUT2D eigenvalue weighted by molar-refractivity contribution is -0.140. The number of hydrogen-bond donors (Lipinski definition) is 1. The molecular weight excluding hydrogens is 420 g/mol. The van der Waals surface area contributed by atoms with Gasteiger partial charge < -0.3 is 19.5 Å². The Balaban J connectivity index is 1.87. The van der Waals surface area contributed by atoms with Gasteiger partial charge in [-0.15, -0.1) is 0 Å². The molecule has 0 radical (unpaired) electrons. The summed E-state index contributed by atoms with van der Waals surface area (Å²) in [4.78, 5) is 31.9. The number of benzene rings is 2. The quantitative estimate of drug-likeness (QED) is 0.351. The molecule has 3 aromatic rings. The molecule has 1 aliphatic heterocycles. The molecule has 2 aromatic carbocycles. The number of aliphatic hydroxyl groups is 1. The molecule has 7 nitrogen and oxygen atoms in total. The number of aryl methyl sites for hydroxylation is 1. The van der Waals surface area contributed by atoms with Crippen LogP contribution < -0.4 is 9.47 Å². The number of carbonyl (C=O) groups is 2. The van der Waals surface area contributed by atoms with Crippen molar-refractivity contribution in [2.24, 2.45) is 0 Å². The molecule has 1 fully saturated rings. The van der Waals surface area contributed by atoms with Crippen LogP contribution in [0.5, 0.6) is 11.5 Å². The minimum absolute atomic E-state index is 0.0364. The van der Waals surface area contributed by atoms with Crippen molar-refractivity contribution < 1.29 is 24.2 Å². The smallest absolute Gasteiger partial charge is 0.295 e. The largest absolute Gasteiger partial charge is 0.507 e. The number of amides is 1. The first-order chi connectivity index (χ1) is 16.0. The lowest BCUT2D eigenvalue weighted by Gasteiger charge is -2.26. The first-order valence-electron chi connectivity index (χ1n) is 10.4. The van der Waals surface area contributed by atoms with Crippen molar-refractivity contribution in [3.05, 3.63) is 94.8 Å². The summed E-state index contributed by atoms with van der Waals surface area (Å²) in [5.74, 6) is -0.405. The Labute approximate surface area is 191 Å². The van der Waals surface area contributed by atoms with Crippen LogP contribution in [0.15, 0.2) is 72.6 Å². The lowest BCUT2D eigenvalue weighted by Crippen LogP contribution is -2.29. The third kappa shape index (κ3) is 4.05. The number of rotatable bonds is 6. The Morgan fingerprint density at radius 2 is 1.76 bits per heavy atom. The SMILES string of the molecule is COc1ccc(/C(O)=C2/C(=O)C(=O)N(Cc3ccccc3OC)C2c2ccncc2)c(C)c1. The van der Waals surface area contributed by atoms with Gasteiger partial charge in [-0.05, 0) is 54.4 Å². The maximum atomic E-state index is 13.2. The van der Waals surface area contributed by atoms with Gasteiger partial charge in [-0.3, -0.25) is 14.6 Å². The van der Waals surface area contributed by atoms with Crippen LogP contribution in [0, 0.1) is 6.92 Å². The highest BCUT2D eigenvalue weighted by Crippen LogP contribution is 2.41. The molecule has 0 saturated carbocycles. The predicted octanol–water partition coefficient (Wildman–Crippen LogP) is 4.03. The molecule has 1 N–H and O–H groups in total. The Morgan fingerprint density at radius 1 is 1.03 bits per heavy atom. The number of ketones is 1. The highest BCUT2D eigenvalue weighted by Gasteiger charge is 2.46. The van der Waals surface area contributed by atoms with E-state index in [9.17, 15) is 14.7 Å². The van der Waals surface area contributed by atoms with Gasteiger partial charge in [0.05, 0.1) is 32.4 Å². The fraction of sp³-hybridized carbons (Fsp3) is 0.192. The number of nitrogens with zero attached hydrogens (tertiary/aromatic N) is 2. The van der Waals surface area contributed by atoms with Crippen LogP contribution in [0.25, 0.3) is 5.76 Å². The molecule has 1 aliphatic rings. The van der Waals surface area contributed by atoms with Crippen molar-refractivity contribution in [1.82, 2.24) is 9.88 Å². The lowest BCUT2D eigenvalue weighted by atomic mass is 9.94. The molecule has 0 aliphatic carbocycles. The molecule has 1 unspecified atom stereocenters. The summed E-state index contributed by atoms with van der Waals surface area (Å²) in [7, 11) is 3.11. The van der Waals surface area contributed by atoms with Gasteiger partial charge >= 0.3 is 0 Å².